The first-order valence-electron chi connectivity index (χ1n) is 6.77. The minimum Gasteiger partial charge on any atom is -0.393 e. The number of rotatable bonds is 2. The van der Waals surface area contributed by atoms with E-state index >= 15 is 0 Å². The first-order chi connectivity index (χ1) is 8.11. The van der Waals surface area contributed by atoms with Crippen LogP contribution in [0.4, 0.5) is 0 Å². The largest absolute Gasteiger partial charge is 0.393 e. The number of allylic oxidation sites excluding steroid dienone is 2. The van der Waals surface area contributed by atoms with Gasteiger partial charge in [-0.2, -0.15) is 4.91 Å². The van der Waals surface area contributed by atoms with Gasteiger partial charge in [0.25, 0.3) is 0 Å². The summed E-state index contributed by atoms with van der Waals surface area (Å²) in [6, 6.07) is 0. The van der Waals surface area contributed by atoms with Gasteiger partial charge in [0.1, 0.15) is 0 Å². The van der Waals surface area contributed by atoms with Crippen LogP contribution in [-0.4, -0.2) is 17.8 Å². The molecular weight excluding hydrogens is 214 g/mol. The molecule has 1 N–H and O–H groups in total. The molecule has 94 valence electrons. The standard InChI is InChI=1S/C14H21NO2/c1-13-6-5-11(16)8-14(13,9-15-17)7-4-10-2-3-12(10)13/h4,11-12,16H,2-3,5-9H2,1H3/t11-,12?,13+,14-/m0/s1. The van der Waals surface area contributed by atoms with Crippen molar-refractivity contribution in [3.05, 3.63) is 16.6 Å². The Labute approximate surface area is 102 Å². The molecule has 0 aromatic heterocycles. The molecule has 0 amide bonds. The van der Waals surface area contributed by atoms with E-state index in [-0.39, 0.29) is 16.9 Å². The Bertz CT molecular complexity index is 378. The van der Waals surface area contributed by atoms with E-state index in [0.717, 1.165) is 25.7 Å². The summed E-state index contributed by atoms with van der Waals surface area (Å²) >= 11 is 0. The fourth-order valence-electron chi connectivity index (χ4n) is 4.57. The molecule has 0 heterocycles. The van der Waals surface area contributed by atoms with Gasteiger partial charge in [0.05, 0.1) is 12.6 Å². The van der Waals surface area contributed by atoms with E-state index < -0.39 is 0 Å². The van der Waals surface area contributed by atoms with Crippen molar-refractivity contribution in [3.8, 4) is 0 Å². The number of nitroso groups, excluding NO2 is 1. The minimum absolute atomic E-state index is 0.0684. The third-order valence-corrected chi connectivity index (χ3v) is 5.90. The lowest BCUT2D eigenvalue weighted by molar-refractivity contribution is -0.0974. The van der Waals surface area contributed by atoms with Crippen molar-refractivity contribution >= 4 is 0 Å². The van der Waals surface area contributed by atoms with Gasteiger partial charge in [-0.1, -0.05) is 23.7 Å². The molecule has 3 nitrogen and oxygen atoms in total. The molecule has 0 aromatic carbocycles. The molecule has 0 aromatic rings. The Kier molecular flexibility index (Phi) is 2.44. The molecule has 4 atom stereocenters. The highest BCUT2D eigenvalue weighted by Gasteiger charge is 2.59. The number of aliphatic hydroxyl groups excluding tert-OH is 1. The Balaban J connectivity index is 2.01. The molecular formula is C14H21NO2. The third kappa shape index (κ3) is 1.38. The lowest BCUT2D eigenvalue weighted by atomic mass is 9.43. The van der Waals surface area contributed by atoms with E-state index in [4.69, 9.17) is 0 Å². The van der Waals surface area contributed by atoms with E-state index in [0.29, 0.717) is 12.5 Å². The first-order valence-corrected chi connectivity index (χ1v) is 6.77. The molecule has 2 fully saturated rings. The van der Waals surface area contributed by atoms with Gasteiger partial charge in [0, 0.05) is 5.41 Å². The molecule has 17 heavy (non-hydrogen) atoms. The quantitative estimate of drug-likeness (QED) is 0.590. The van der Waals surface area contributed by atoms with E-state index in [1.165, 1.54) is 12.8 Å². The SMILES string of the molecule is C[C@]12CC[C@H](O)C[C@]1(CN=O)CC=C1CCC12. The van der Waals surface area contributed by atoms with Gasteiger partial charge in [-0.3, -0.25) is 0 Å². The fourth-order valence-corrected chi connectivity index (χ4v) is 4.57. The maximum Gasteiger partial charge on any atom is 0.0876 e. The van der Waals surface area contributed by atoms with Gasteiger partial charge >= 0.3 is 0 Å². The van der Waals surface area contributed by atoms with Crippen molar-refractivity contribution in [1.29, 1.82) is 0 Å². The maximum absolute atomic E-state index is 10.8. The van der Waals surface area contributed by atoms with E-state index in [1.54, 1.807) is 5.57 Å². The minimum atomic E-state index is -0.236. The van der Waals surface area contributed by atoms with Crippen molar-refractivity contribution in [3.63, 3.8) is 0 Å². The van der Waals surface area contributed by atoms with Gasteiger partial charge in [-0.05, 0) is 49.9 Å². The zero-order chi connectivity index (χ0) is 12.1. The van der Waals surface area contributed by atoms with Crippen LogP contribution in [0.1, 0.15) is 45.4 Å². The van der Waals surface area contributed by atoms with Gasteiger partial charge in [0.2, 0.25) is 0 Å². The number of fused-ring (bicyclic) bond motifs is 3. The summed E-state index contributed by atoms with van der Waals surface area (Å²) in [7, 11) is 0. The molecule has 0 saturated heterocycles. The first kappa shape index (κ1) is 11.4. The molecule has 2 saturated carbocycles. The van der Waals surface area contributed by atoms with Gasteiger partial charge in [-0.25, -0.2) is 0 Å². The second kappa shape index (κ2) is 3.64. The monoisotopic (exact) mass is 235 g/mol. The molecule has 3 aliphatic carbocycles. The summed E-state index contributed by atoms with van der Waals surface area (Å²) in [5, 5.41) is 13.2. The highest BCUT2D eigenvalue weighted by atomic mass is 16.3. The lowest BCUT2D eigenvalue weighted by Gasteiger charge is -2.61. The molecule has 0 aliphatic heterocycles. The maximum atomic E-state index is 10.8. The normalized spacial score (nSPS) is 48.5. The average molecular weight is 235 g/mol. The van der Waals surface area contributed by atoms with Crippen molar-refractivity contribution < 1.29 is 5.11 Å². The summed E-state index contributed by atoms with van der Waals surface area (Å²) in [6.07, 6.45) is 8.24. The molecule has 0 bridgehead atoms. The zero-order valence-corrected chi connectivity index (χ0v) is 10.5. The van der Waals surface area contributed by atoms with Gasteiger partial charge < -0.3 is 5.11 Å². The second-order valence-electron chi connectivity index (χ2n) is 6.46. The predicted octanol–water partition coefficient (Wildman–Crippen LogP) is 3.03. The van der Waals surface area contributed by atoms with Crippen LogP contribution < -0.4 is 0 Å². The third-order valence-electron chi connectivity index (χ3n) is 5.90. The summed E-state index contributed by atoms with van der Waals surface area (Å²) in [6.45, 7) is 2.71. The molecule has 3 rings (SSSR count). The van der Waals surface area contributed by atoms with E-state index in [9.17, 15) is 10.0 Å². The van der Waals surface area contributed by atoms with Gasteiger partial charge in [-0.15, -0.1) is 0 Å². The van der Waals surface area contributed by atoms with Crippen LogP contribution in [0, 0.1) is 21.7 Å². The molecule has 3 heteroatoms. The average Bonchev–Trinajstić information content (AvgIpc) is 2.22. The van der Waals surface area contributed by atoms with Crippen LogP contribution in [0.2, 0.25) is 0 Å². The van der Waals surface area contributed by atoms with E-state index in [2.05, 4.69) is 18.2 Å². The van der Waals surface area contributed by atoms with Gasteiger partial charge in [0.15, 0.2) is 0 Å². The van der Waals surface area contributed by atoms with Crippen LogP contribution in [-0.2, 0) is 0 Å². The number of nitrogens with zero attached hydrogens (tertiary/aromatic N) is 1. The molecule has 1 unspecified atom stereocenters. The second-order valence-corrected chi connectivity index (χ2v) is 6.46. The fraction of sp³-hybridized carbons (Fsp3) is 0.857. The summed E-state index contributed by atoms with van der Waals surface area (Å²) in [4.78, 5) is 10.8. The summed E-state index contributed by atoms with van der Waals surface area (Å²) < 4.78 is 0. The summed E-state index contributed by atoms with van der Waals surface area (Å²) in [5.41, 5.74) is 1.73. The summed E-state index contributed by atoms with van der Waals surface area (Å²) in [5.74, 6) is 0.658. The van der Waals surface area contributed by atoms with Crippen LogP contribution >= 0.6 is 0 Å². The highest BCUT2D eigenvalue weighted by Crippen LogP contribution is 2.65. The zero-order valence-electron chi connectivity index (χ0n) is 10.5. The van der Waals surface area contributed by atoms with Crippen molar-refractivity contribution in [2.75, 3.05) is 6.54 Å². The Morgan fingerprint density at radius 3 is 3.00 bits per heavy atom. The number of aliphatic hydroxyl groups is 1. The smallest absolute Gasteiger partial charge is 0.0876 e. The van der Waals surface area contributed by atoms with E-state index in [1.807, 2.05) is 0 Å². The van der Waals surface area contributed by atoms with Crippen LogP contribution in [0.3, 0.4) is 0 Å². The van der Waals surface area contributed by atoms with Crippen LogP contribution in [0.25, 0.3) is 0 Å². The van der Waals surface area contributed by atoms with Crippen molar-refractivity contribution in [1.82, 2.24) is 0 Å². The van der Waals surface area contributed by atoms with Crippen LogP contribution in [0.5, 0.6) is 0 Å². The Morgan fingerprint density at radius 1 is 1.53 bits per heavy atom. The highest BCUT2D eigenvalue weighted by molar-refractivity contribution is 5.28. The van der Waals surface area contributed by atoms with Crippen molar-refractivity contribution in [2.24, 2.45) is 21.9 Å². The molecule has 3 aliphatic rings. The van der Waals surface area contributed by atoms with Crippen LogP contribution in [0.15, 0.2) is 16.8 Å². The Morgan fingerprint density at radius 2 is 2.35 bits per heavy atom. The lowest BCUT2D eigenvalue weighted by Crippen LogP contribution is -2.56. The molecule has 0 radical (unpaired) electrons. The Hall–Kier alpha value is -0.700. The molecule has 0 spiro atoms. The van der Waals surface area contributed by atoms with Crippen molar-refractivity contribution in [2.45, 2.75) is 51.6 Å². The number of hydrogen-bond donors (Lipinski definition) is 1. The number of hydrogen-bond acceptors (Lipinski definition) is 3. The topological polar surface area (TPSA) is 49.7 Å². The predicted molar refractivity (Wildman–Crippen MR) is 66.5 cm³/mol.